The molecular weight excluding hydrogens is 140 g/mol. The highest BCUT2D eigenvalue weighted by molar-refractivity contribution is 5.61. The molecule has 0 saturated carbocycles. The smallest absolute Gasteiger partial charge is 0.180 e. The second-order valence-electron chi connectivity index (χ2n) is 2.18. The first-order valence-electron chi connectivity index (χ1n) is 3.37. The van der Waals surface area contributed by atoms with Gasteiger partial charge in [-0.1, -0.05) is 0 Å². The van der Waals surface area contributed by atoms with E-state index in [4.69, 9.17) is 0 Å². The Morgan fingerprint density at radius 3 is 2.73 bits per heavy atom. The molecule has 2 heterocycles. The van der Waals surface area contributed by atoms with Gasteiger partial charge in [0.1, 0.15) is 0 Å². The van der Waals surface area contributed by atoms with Crippen molar-refractivity contribution in [2.45, 2.75) is 0 Å². The number of nitrogens with zero attached hydrogens (tertiary/aromatic N) is 3. The van der Waals surface area contributed by atoms with E-state index in [9.17, 15) is 0 Å². The van der Waals surface area contributed by atoms with Gasteiger partial charge < -0.3 is 9.72 Å². The number of nitrogens with one attached hydrogen (secondary N) is 1. The largest absolute Gasteiger partial charge is 0.370 e. The highest BCUT2D eigenvalue weighted by Gasteiger charge is 1.98. The van der Waals surface area contributed by atoms with Gasteiger partial charge in [-0.15, -0.1) is 0 Å². The molecule has 0 amide bonds. The van der Waals surface area contributed by atoms with E-state index in [0.717, 1.165) is 11.5 Å². The van der Waals surface area contributed by atoms with Crippen LogP contribution in [0.2, 0.25) is 0 Å². The summed E-state index contributed by atoms with van der Waals surface area (Å²) in [5.74, 6) is 0.803. The second kappa shape index (κ2) is 2.23. The van der Waals surface area contributed by atoms with Crippen LogP contribution in [0.15, 0.2) is 24.8 Å². The fraction of sp³-hybridized carbons (Fsp3) is 0.143. The maximum atomic E-state index is 4.13. The van der Waals surface area contributed by atoms with Crippen LogP contribution < -0.4 is 5.32 Å². The van der Waals surface area contributed by atoms with Gasteiger partial charge >= 0.3 is 0 Å². The first-order chi connectivity index (χ1) is 5.42. The minimum absolute atomic E-state index is 0.803. The van der Waals surface area contributed by atoms with Gasteiger partial charge in [0.2, 0.25) is 0 Å². The Morgan fingerprint density at radius 2 is 2.00 bits per heavy atom. The van der Waals surface area contributed by atoms with E-state index in [1.807, 2.05) is 23.8 Å². The van der Waals surface area contributed by atoms with E-state index in [-0.39, 0.29) is 0 Å². The lowest BCUT2D eigenvalue weighted by atomic mass is 10.6. The van der Waals surface area contributed by atoms with Crippen LogP contribution in [0.5, 0.6) is 0 Å². The monoisotopic (exact) mass is 148 g/mol. The number of hydrogen-bond donors (Lipinski definition) is 1. The summed E-state index contributed by atoms with van der Waals surface area (Å²) in [6.07, 6.45) is 7.24. The van der Waals surface area contributed by atoms with Crippen LogP contribution >= 0.6 is 0 Å². The average Bonchev–Trinajstić information content (AvgIpc) is 2.50. The van der Waals surface area contributed by atoms with E-state index in [1.54, 1.807) is 12.4 Å². The number of fused-ring (bicyclic) bond motifs is 1. The molecular formula is C7H8N4. The Labute approximate surface area is 63.9 Å². The van der Waals surface area contributed by atoms with Crippen LogP contribution in [0.3, 0.4) is 0 Å². The maximum Gasteiger partial charge on any atom is 0.180 e. The lowest BCUT2D eigenvalue weighted by Gasteiger charge is -1.98. The van der Waals surface area contributed by atoms with Gasteiger partial charge in [-0.3, -0.25) is 0 Å². The molecule has 1 N–H and O–H groups in total. The minimum atomic E-state index is 0.803. The van der Waals surface area contributed by atoms with Crippen LogP contribution in [0, 0.1) is 0 Å². The summed E-state index contributed by atoms with van der Waals surface area (Å²) in [5.41, 5.74) is 0.856. The van der Waals surface area contributed by atoms with Crippen molar-refractivity contribution in [3.8, 4) is 0 Å². The predicted molar refractivity (Wildman–Crippen MR) is 42.5 cm³/mol. The van der Waals surface area contributed by atoms with Gasteiger partial charge in [0.25, 0.3) is 0 Å². The molecule has 0 bridgehead atoms. The molecule has 0 unspecified atom stereocenters. The van der Waals surface area contributed by atoms with Gasteiger partial charge in [0.15, 0.2) is 11.5 Å². The third-order valence-electron chi connectivity index (χ3n) is 1.55. The topological polar surface area (TPSA) is 42.2 Å². The molecule has 4 heteroatoms. The third-order valence-corrected chi connectivity index (χ3v) is 1.55. The zero-order chi connectivity index (χ0) is 7.68. The lowest BCUT2D eigenvalue weighted by molar-refractivity contribution is 1.12. The maximum absolute atomic E-state index is 4.13. The van der Waals surface area contributed by atoms with Crippen LogP contribution in [-0.2, 0) is 0 Å². The highest BCUT2D eigenvalue weighted by Crippen LogP contribution is 2.08. The predicted octanol–water partition coefficient (Wildman–Crippen LogP) is 0.771. The van der Waals surface area contributed by atoms with Crippen molar-refractivity contribution in [2.75, 3.05) is 12.4 Å². The molecule has 11 heavy (non-hydrogen) atoms. The Kier molecular flexibility index (Phi) is 1.25. The molecule has 0 saturated heterocycles. The number of rotatable bonds is 1. The summed E-state index contributed by atoms with van der Waals surface area (Å²) in [4.78, 5) is 8.23. The Morgan fingerprint density at radius 1 is 1.27 bits per heavy atom. The molecule has 4 nitrogen and oxygen atoms in total. The van der Waals surface area contributed by atoms with Crippen molar-refractivity contribution < 1.29 is 0 Å². The molecule has 0 atom stereocenters. The van der Waals surface area contributed by atoms with E-state index in [0.29, 0.717) is 0 Å². The quantitative estimate of drug-likeness (QED) is 0.649. The van der Waals surface area contributed by atoms with E-state index < -0.39 is 0 Å². The van der Waals surface area contributed by atoms with Crippen LogP contribution in [0.1, 0.15) is 0 Å². The zero-order valence-electron chi connectivity index (χ0n) is 6.15. The number of anilines is 1. The molecule has 0 spiro atoms. The molecule has 0 aliphatic rings. The minimum Gasteiger partial charge on any atom is -0.370 e. The third kappa shape index (κ3) is 0.832. The van der Waals surface area contributed by atoms with Gasteiger partial charge in [-0.2, -0.15) is 0 Å². The van der Waals surface area contributed by atoms with Crippen molar-refractivity contribution in [3.63, 3.8) is 0 Å². The van der Waals surface area contributed by atoms with Crippen LogP contribution in [0.4, 0.5) is 5.82 Å². The van der Waals surface area contributed by atoms with Crippen LogP contribution in [0.25, 0.3) is 5.65 Å². The van der Waals surface area contributed by atoms with E-state index in [2.05, 4.69) is 15.3 Å². The summed E-state index contributed by atoms with van der Waals surface area (Å²) in [7, 11) is 1.83. The Balaban J connectivity index is 2.79. The lowest BCUT2D eigenvalue weighted by Crippen LogP contribution is -1.95. The van der Waals surface area contributed by atoms with E-state index in [1.165, 1.54) is 0 Å². The van der Waals surface area contributed by atoms with Gasteiger partial charge in [0.05, 0.1) is 0 Å². The fourth-order valence-electron chi connectivity index (χ4n) is 1.03. The van der Waals surface area contributed by atoms with Gasteiger partial charge in [-0.25, -0.2) is 9.97 Å². The summed E-state index contributed by atoms with van der Waals surface area (Å²) in [6, 6.07) is 0. The molecule has 0 aliphatic heterocycles. The summed E-state index contributed by atoms with van der Waals surface area (Å²) >= 11 is 0. The van der Waals surface area contributed by atoms with Crippen molar-refractivity contribution in [2.24, 2.45) is 0 Å². The molecule has 0 aromatic carbocycles. The van der Waals surface area contributed by atoms with Crippen molar-refractivity contribution in [1.82, 2.24) is 14.4 Å². The molecule has 2 aromatic rings. The molecule has 0 aliphatic carbocycles. The average molecular weight is 148 g/mol. The molecule has 56 valence electrons. The zero-order valence-corrected chi connectivity index (χ0v) is 6.15. The van der Waals surface area contributed by atoms with Crippen LogP contribution in [-0.4, -0.2) is 21.4 Å². The van der Waals surface area contributed by atoms with Crippen molar-refractivity contribution in [1.29, 1.82) is 0 Å². The normalized spacial score (nSPS) is 10.3. The van der Waals surface area contributed by atoms with E-state index >= 15 is 0 Å². The van der Waals surface area contributed by atoms with Crippen molar-refractivity contribution >= 4 is 11.5 Å². The molecule has 2 rings (SSSR count). The van der Waals surface area contributed by atoms with Crippen molar-refractivity contribution in [3.05, 3.63) is 24.8 Å². The number of aromatic nitrogens is 3. The highest BCUT2D eigenvalue weighted by atomic mass is 15.1. The summed E-state index contributed by atoms with van der Waals surface area (Å²) < 4.78 is 1.92. The Hall–Kier alpha value is -1.58. The first kappa shape index (κ1) is 6.15. The first-order valence-corrected chi connectivity index (χ1v) is 3.37. The summed E-state index contributed by atoms with van der Waals surface area (Å²) in [6.45, 7) is 0. The SMILES string of the molecule is CNc1nccn2ccnc12. The number of imidazole rings is 1. The number of hydrogen-bond acceptors (Lipinski definition) is 3. The molecule has 2 aromatic heterocycles. The van der Waals surface area contributed by atoms with Gasteiger partial charge in [-0.05, 0) is 0 Å². The standard InChI is InChI=1S/C7H8N4/c1-8-6-7-10-3-5-11(7)4-2-9-6/h2-5H,1H3,(H,8,9). The molecule has 0 fully saturated rings. The second-order valence-corrected chi connectivity index (χ2v) is 2.18. The fourth-order valence-corrected chi connectivity index (χ4v) is 1.03. The Bertz CT molecular complexity index is 365. The molecule has 0 radical (unpaired) electrons. The summed E-state index contributed by atoms with van der Waals surface area (Å²) in [5, 5.41) is 2.96. The van der Waals surface area contributed by atoms with Gasteiger partial charge in [0, 0.05) is 31.8 Å².